The molecule has 0 aliphatic heterocycles. The molecule has 4 nitrogen and oxygen atoms in total. The Morgan fingerprint density at radius 2 is 2.00 bits per heavy atom. The Bertz CT molecular complexity index is 445. The van der Waals surface area contributed by atoms with Gasteiger partial charge in [-0.2, -0.15) is 0 Å². The van der Waals surface area contributed by atoms with Gasteiger partial charge >= 0.3 is 0 Å². The number of ether oxygens (including phenoxy) is 1. The summed E-state index contributed by atoms with van der Waals surface area (Å²) in [5.41, 5.74) is 8.07. The first kappa shape index (κ1) is 11.7. The fourth-order valence-corrected chi connectivity index (χ4v) is 1.65. The maximum atomic E-state index is 13.5. The molecule has 0 amide bonds. The van der Waals surface area contributed by atoms with E-state index in [-0.39, 0.29) is 5.69 Å². The normalized spacial score (nSPS) is 14.9. The van der Waals surface area contributed by atoms with Gasteiger partial charge in [-0.15, -0.1) is 0 Å². The summed E-state index contributed by atoms with van der Waals surface area (Å²) in [5.74, 6) is -1.68. The molecule has 0 N–H and O–H groups in total. The van der Waals surface area contributed by atoms with E-state index < -0.39 is 17.4 Å². The van der Waals surface area contributed by atoms with Gasteiger partial charge in [0.2, 0.25) is 0 Å². The van der Waals surface area contributed by atoms with Crippen LogP contribution < -0.4 is 4.74 Å². The maximum absolute atomic E-state index is 13.5. The Hall–Kier alpha value is -1.81. The van der Waals surface area contributed by atoms with E-state index in [0.29, 0.717) is 12.5 Å². The topological polar surface area (TPSA) is 58.0 Å². The van der Waals surface area contributed by atoms with Gasteiger partial charge in [-0.25, -0.2) is 8.78 Å². The summed E-state index contributed by atoms with van der Waals surface area (Å²) in [7, 11) is 0. The number of azide groups is 1. The molecule has 0 radical (unpaired) electrons. The first-order valence-corrected chi connectivity index (χ1v) is 5.37. The molecule has 2 rings (SSSR count). The first-order chi connectivity index (χ1) is 8.20. The minimum absolute atomic E-state index is 0.0986. The number of hydrogen-bond acceptors (Lipinski definition) is 2. The minimum atomic E-state index is -0.841. The molecule has 1 saturated carbocycles. The van der Waals surface area contributed by atoms with Gasteiger partial charge in [0.1, 0.15) is 0 Å². The summed E-state index contributed by atoms with van der Waals surface area (Å²) in [6.45, 7) is 0.328. The lowest BCUT2D eigenvalue weighted by Crippen LogP contribution is -2.20. The Morgan fingerprint density at radius 3 is 2.47 bits per heavy atom. The van der Waals surface area contributed by atoms with Crippen LogP contribution in [0.3, 0.4) is 0 Å². The van der Waals surface area contributed by atoms with Crippen molar-refractivity contribution in [2.45, 2.75) is 19.3 Å². The quantitative estimate of drug-likeness (QED) is 0.443. The van der Waals surface area contributed by atoms with Crippen LogP contribution >= 0.6 is 0 Å². The van der Waals surface area contributed by atoms with Crippen molar-refractivity contribution in [2.24, 2.45) is 11.0 Å². The van der Waals surface area contributed by atoms with Gasteiger partial charge in [-0.3, -0.25) is 0 Å². The van der Waals surface area contributed by atoms with Crippen molar-refractivity contribution in [2.75, 3.05) is 6.61 Å². The van der Waals surface area contributed by atoms with E-state index in [2.05, 4.69) is 10.0 Å². The highest BCUT2D eigenvalue weighted by Crippen LogP contribution is 2.31. The number of halogens is 2. The summed E-state index contributed by atoms with van der Waals surface area (Å²) < 4.78 is 32.0. The SMILES string of the molecule is [N-]=[N+]=Nc1cc(F)c(OCC2CCC2)c(F)c1. The highest BCUT2D eigenvalue weighted by atomic mass is 19.1. The fraction of sp³-hybridized carbons (Fsp3) is 0.455. The Balaban J connectivity index is 2.12. The third-order valence-electron chi connectivity index (χ3n) is 2.83. The second kappa shape index (κ2) is 5.01. The van der Waals surface area contributed by atoms with Crippen molar-refractivity contribution in [1.29, 1.82) is 0 Å². The molecule has 17 heavy (non-hydrogen) atoms. The molecule has 1 aromatic rings. The summed E-state index contributed by atoms with van der Waals surface area (Å²) in [5, 5.41) is 3.14. The van der Waals surface area contributed by atoms with Gasteiger partial charge in [-0.05, 0) is 36.4 Å². The molecule has 0 spiro atoms. The molecule has 90 valence electrons. The van der Waals surface area contributed by atoms with Crippen LogP contribution in [0.25, 0.3) is 10.4 Å². The zero-order valence-corrected chi connectivity index (χ0v) is 9.07. The van der Waals surface area contributed by atoms with Crippen LogP contribution in [0, 0.1) is 17.6 Å². The van der Waals surface area contributed by atoms with Crippen LogP contribution in [0.5, 0.6) is 5.75 Å². The summed E-state index contributed by atoms with van der Waals surface area (Å²) in [6, 6.07) is 1.91. The highest BCUT2D eigenvalue weighted by molar-refractivity contribution is 5.43. The molecule has 0 saturated heterocycles. The van der Waals surface area contributed by atoms with Gasteiger partial charge in [0.05, 0.1) is 6.61 Å². The number of hydrogen-bond donors (Lipinski definition) is 0. The lowest BCUT2D eigenvalue weighted by molar-refractivity contribution is 0.170. The Morgan fingerprint density at radius 1 is 1.35 bits per heavy atom. The summed E-state index contributed by atoms with van der Waals surface area (Å²) in [4.78, 5) is 2.47. The van der Waals surface area contributed by atoms with Crippen LogP contribution in [0.15, 0.2) is 17.2 Å². The molecule has 1 aromatic carbocycles. The molecule has 6 heteroatoms. The lowest BCUT2D eigenvalue weighted by Gasteiger charge is -2.25. The van der Waals surface area contributed by atoms with Crippen molar-refractivity contribution >= 4 is 5.69 Å². The van der Waals surface area contributed by atoms with E-state index in [9.17, 15) is 8.78 Å². The van der Waals surface area contributed by atoms with Crippen molar-refractivity contribution in [3.05, 3.63) is 34.2 Å². The third-order valence-corrected chi connectivity index (χ3v) is 2.83. The van der Waals surface area contributed by atoms with Crippen molar-refractivity contribution in [3.8, 4) is 5.75 Å². The van der Waals surface area contributed by atoms with Gasteiger partial charge < -0.3 is 4.74 Å². The van der Waals surface area contributed by atoms with E-state index in [1.807, 2.05) is 0 Å². The number of nitrogens with zero attached hydrogens (tertiary/aromatic N) is 3. The highest BCUT2D eigenvalue weighted by Gasteiger charge is 2.20. The zero-order chi connectivity index (χ0) is 12.3. The largest absolute Gasteiger partial charge is 0.487 e. The van der Waals surface area contributed by atoms with Crippen molar-refractivity contribution in [3.63, 3.8) is 0 Å². The standard InChI is InChI=1S/C11H11F2N3O/c12-9-4-8(15-16-14)5-10(13)11(9)17-6-7-2-1-3-7/h4-5,7H,1-3,6H2. The van der Waals surface area contributed by atoms with Crippen LogP contribution in [-0.2, 0) is 0 Å². The molecule has 0 heterocycles. The third kappa shape index (κ3) is 2.65. The van der Waals surface area contributed by atoms with Crippen molar-refractivity contribution < 1.29 is 13.5 Å². The molecule has 1 aliphatic rings. The lowest BCUT2D eigenvalue weighted by atomic mass is 9.86. The van der Waals surface area contributed by atoms with E-state index in [1.54, 1.807) is 0 Å². The zero-order valence-electron chi connectivity index (χ0n) is 9.07. The van der Waals surface area contributed by atoms with Crippen molar-refractivity contribution in [1.82, 2.24) is 0 Å². The molecule has 0 aromatic heterocycles. The average molecular weight is 239 g/mol. The Labute approximate surface area is 96.8 Å². The van der Waals surface area contributed by atoms with E-state index in [1.165, 1.54) is 0 Å². The molecular weight excluding hydrogens is 228 g/mol. The molecule has 0 unspecified atom stereocenters. The molecule has 1 fully saturated rings. The Kier molecular flexibility index (Phi) is 3.44. The van der Waals surface area contributed by atoms with E-state index in [4.69, 9.17) is 10.3 Å². The summed E-state index contributed by atoms with van der Waals surface area (Å²) >= 11 is 0. The smallest absolute Gasteiger partial charge is 0.190 e. The predicted octanol–water partition coefficient (Wildman–Crippen LogP) is 4.09. The second-order valence-electron chi connectivity index (χ2n) is 4.04. The number of benzene rings is 1. The van der Waals surface area contributed by atoms with Crippen LogP contribution in [0.4, 0.5) is 14.5 Å². The first-order valence-electron chi connectivity index (χ1n) is 5.37. The van der Waals surface area contributed by atoms with Crippen LogP contribution in [-0.4, -0.2) is 6.61 Å². The number of rotatable bonds is 4. The summed E-state index contributed by atoms with van der Waals surface area (Å²) in [6.07, 6.45) is 3.23. The molecule has 0 bridgehead atoms. The van der Waals surface area contributed by atoms with Gasteiger partial charge in [-0.1, -0.05) is 11.5 Å². The molecule has 1 aliphatic carbocycles. The molecular formula is C11H11F2N3O. The molecule has 0 atom stereocenters. The van der Waals surface area contributed by atoms with Gasteiger partial charge in [0, 0.05) is 10.6 Å². The van der Waals surface area contributed by atoms with Gasteiger partial charge in [0.15, 0.2) is 17.4 Å². The second-order valence-corrected chi connectivity index (χ2v) is 4.04. The van der Waals surface area contributed by atoms with E-state index in [0.717, 1.165) is 31.4 Å². The predicted molar refractivity (Wildman–Crippen MR) is 58.0 cm³/mol. The monoisotopic (exact) mass is 239 g/mol. The fourth-order valence-electron chi connectivity index (χ4n) is 1.65. The van der Waals surface area contributed by atoms with Crippen LogP contribution in [0.1, 0.15) is 19.3 Å². The van der Waals surface area contributed by atoms with Crippen LogP contribution in [0.2, 0.25) is 0 Å². The minimum Gasteiger partial charge on any atom is -0.487 e. The average Bonchev–Trinajstić information content (AvgIpc) is 2.20. The van der Waals surface area contributed by atoms with E-state index >= 15 is 0 Å². The van der Waals surface area contributed by atoms with Gasteiger partial charge in [0.25, 0.3) is 0 Å². The maximum Gasteiger partial charge on any atom is 0.190 e.